The molecule has 0 aliphatic heterocycles. The van der Waals surface area contributed by atoms with E-state index in [1.54, 1.807) is 0 Å². The van der Waals surface area contributed by atoms with E-state index in [0.29, 0.717) is 18.4 Å². The summed E-state index contributed by atoms with van der Waals surface area (Å²) in [7, 11) is 0. The molecular formula is C10H10FNO2. The third kappa shape index (κ3) is 2.39. The molecule has 0 fully saturated rings. The number of carbonyl (C=O) groups excluding carboxylic acids is 2. The van der Waals surface area contributed by atoms with Gasteiger partial charge in [0.05, 0.1) is 0 Å². The van der Waals surface area contributed by atoms with E-state index in [4.69, 9.17) is 5.73 Å². The second kappa shape index (κ2) is 4.50. The van der Waals surface area contributed by atoms with Gasteiger partial charge in [-0.05, 0) is 24.1 Å². The first-order valence-corrected chi connectivity index (χ1v) is 4.17. The van der Waals surface area contributed by atoms with Crippen LogP contribution in [0.1, 0.15) is 22.3 Å². The van der Waals surface area contributed by atoms with Crippen LogP contribution < -0.4 is 5.73 Å². The average molecular weight is 195 g/mol. The minimum absolute atomic E-state index is 0.145. The van der Waals surface area contributed by atoms with Gasteiger partial charge in [-0.25, -0.2) is 4.39 Å². The molecule has 0 radical (unpaired) electrons. The fraction of sp³-hybridized carbons (Fsp3) is 0.200. The molecule has 0 saturated carbocycles. The molecule has 1 amide bonds. The molecule has 1 aromatic carbocycles. The summed E-state index contributed by atoms with van der Waals surface area (Å²) in [5.74, 6) is -1.18. The van der Waals surface area contributed by atoms with Gasteiger partial charge in [0, 0.05) is 12.0 Å². The first kappa shape index (κ1) is 10.4. The van der Waals surface area contributed by atoms with Crippen LogP contribution in [0.15, 0.2) is 18.2 Å². The predicted molar refractivity (Wildman–Crippen MR) is 49.3 cm³/mol. The van der Waals surface area contributed by atoms with E-state index in [-0.39, 0.29) is 5.56 Å². The Labute approximate surface area is 80.7 Å². The van der Waals surface area contributed by atoms with Gasteiger partial charge >= 0.3 is 0 Å². The van der Waals surface area contributed by atoms with Crippen LogP contribution >= 0.6 is 0 Å². The van der Waals surface area contributed by atoms with Gasteiger partial charge in [0.15, 0.2) is 0 Å². The van der Waals surface area contributed by atoms with E-state index < -0.39 is 11.7 Å². The molecule has 0 aliphatic carbocycles. The Morgan fingerprint density at radius 3 is 2.79 bits per heavy atom. The number of primary amides is 1. The van der Waals surface area contributed by atoms with Crippen molar-refractivity contribution in [3.63, 3.8) is 0 Å². The van der Waals surface area contributed by atoms with Crippen LogP contribution in [0.4, 0.5) is 4.39 Å². The van der Waals surface area contributed by atoms with Gasteiger partial charge in [0.2, 0.25) is 5.91 Å². The van der Waals surface area contributed by atoms with Gasteiger partial charge in [-0.15, -0.1) is 0 Å². The fourth-order valence-electron chi connectivity index (χ4n) is 1.21. The summed E-state index contributed by atoms with van der Waals surface area (Å²) in [5.41, 5.74) is 5.81. The maximum atomic E-state index is 12.8. The van der Waals surface area contributed by atoms with Crippen molar-refractivity contribution in [3.8, 4) is 0 Å². The van der Waals surface area contributed by atoms with Crippen LogP contribution in [0, 0.1) is 5.82 Å². The highest BCUT2D eigenvalue weighted by molar-refractivity contribution is 5.94. The Morgan fingerprint density at radius 2 is 2.21 bits per heavy atom. The number of aldehydes is 1. The summed E-state index contributed by atoms with van der Waals surface area (Å²) in [4.78, 5) is 21.0. The molecule has 1 aromatic rings. The summed E-state index contributed by atoms with van der Waals surface area (Å²) in [6.07, 6.45) is 1.45. The molecule has 14 heavy (non-hydrogen) atoms. The van der Waals surface area contributed by atoms with Gasteiger partial charge in [-0.2, -0.15) is 0 Å². The lowest BCUT2D eigenvalue weighted by Crippen LogP contribution is -2.14. The number of nitrogens with two attached hydrogens (primary N) is 1. The molecule has 0 heterocycles. The number of hydrogen-bond donors (Lipinski definition) is 1. The quantitative estimate of drug-likeness (QED) is 0.730. The van der Waals surface area contributed by atoms with E-state index in [1.807, 2.05) is 0 Å². The van der Waals surface area contributed by atoms with Crippen molar-refractivity contribution in [1.29, 1.82) is 0 Å². The van der Waals surface area contributed by atoms with Crippen molar-refractivity contribution >= 4 is 12.2 Å². The largest absolute Gasteiger partial charge is 0.366 e. The maximum Gasteiger partial charge on any atom is 0.249 e. The summed E-state index contributed by atoms with van der Waals surface area (Å²) in [6, 6.07) is 3.80. The smallest absolute Gasteiger partial charge is 0.249 e. The van der Waals surface area contributed by atoms with Gasteiger partial charge in [0.1, 0.15) is 12.1 Å². The number of amides is 1. The lowest BCUT2D eigenvalue weighted by Gasteiger charge is -2.04. The fourth-order valence-corrected chi connectivity index (χ4v) is 1.21. The summed E-state index contributed by atoms with van der Waals surface area (Å²) >= 11 is 0. The van der Waals surface area contributed by atoms with Crippen molar-refractivity contribution in [1.82, 2.24) is 0 Å². The Bertz CT molecular complexity index is 363. The summed E-state index contributed by atoms with van der Waals surface area (Å²) in [5, 5.41) is 0. The van der Waals surface area contributed by atoms with E-state index in [0.717, 1.165) is 12.4 Å². The lowest BCUT2D eigenvalue weighted by molar-refractivity contribution is -0.107. The zero-order valence-corrected chi connectivity index (χ0v) is 7.50. The van der Waals surface area contributed by atoms with Crippen molar-refractivity contribution in [2.24, 2.45) is 5.73 Å². The van der Waals surface area contributed by atoms with Crippen LogP contribution in [0.5, 0.6) is 0 Å². The molecule has 0 atom stereocenters. The van der Waals surface area contributed by atoms with Crippen LogP contribution in [0.25, 0.3) is 0 Å². The first-order valence-electron chi connectivity index (χ1n) is 4.17. The highest BCUT2D eigenvalue weighted by Crippen LogP contribution is 2.12. The SMILES string of the molecule is NC(=O)c1cc(F)ccc1CCC=O. The number of benzene rings is 1. The lowest BCUT2D eigenvalue weighted by atomic mass is 10.0. The van der Waals surface area contributed by atoms with E-state index in [1.165, 1.54) is 12.1 Å². The molecule has 4 heteroatoms. The Morgan fingerprint density at radius 1 is 1.50 bits per heavy atom. The van der Waals surface area contributed by atoms with Crippen LogP contribution in [-0.4, -0.2) is 12.2 Å². The topological polar surface area (TPSA) is 60.2 Å². The standard InChI is InChI=1S/C10H10FNO2/c11-8-4-3-7(2-1-5-13)9(6-8)10(12)14/h3-6H,1-2H2,(H2,12,14). The van der Waals surface area contributed by atoms with Crippen LogP contribution in [0.2, 0.25) is 0 Å². The molecule has 0 aliphatic rings. The van der Waals surface area contributed by atoms with Gasteiger partial charge in [0.25, 0.3) is 0 Å². The molecule has 74 valence electrons. The third-order valence-electron chi connectivity index (χ3n) is 1.87. The zero-order valence-electron chi connectivity index (χ0n) is 7.50. The maximum absolute atomic E-state index is 12.8. The molecule has 0 spiro atoms. The highest BCUT2D eigenvalue weighted by atomic mass is 19.1. The van der Waals surface area contributed by atoms with Gasteiger partial charge in [-0.1, -0.05) is 6.07 Å². The van der Waals surface area contributed by atoms with Gasteiger partial charge < -0.3 is 10.5 Å². The summed E-state index contributed by atoms with van der Waals surface area (Å²) < 4.78 is 12.8. The average Bonchev–Trinajstić information content (AvgIpc) is 2.15. The van der Waals surface area contributed by atoms with Crippen molar-refractivity contribution < 1.29 is 14.0 Å². The van der Waals surface area contributed by atoms with Crippen LogP contribution in [-0.2, 0) is 11.2 Å². The number of halogens is 1. The molecule has 0 saturated heterocycles. The molecular weight excluding hydrogens is 185 g/mol. The summed E-state index contributed by atoms with van der Waals surface area (Å²) in [6.45, 7) is 0. The molecule has 3 nitrogen and oxygen atoms in total. The van der Waals surface area contributed by atoms with Crippen molar-refractivity contribution in [3.05, 3.63) is 35.1 Å². The number of hydrogen-bond acceptors (Lipinski definition) is 2. The van der Waals surface area contributed by atoms with E-state index in [2.05, 4.69) is 0 Å². The minimum Gasteiger partial charge on any atom is -0.366 e. The highest BCUT2D eigenvalue weighted by Gasteiger charge is 2.08. The molecule has 1 rings (SSSR count). The normalized spacial score (nSPS) is 9.79. The van der Waals surface area contributed by atoms with Gasteiger partial charge in [-0.3, -0.25) is 4.79 Å². The Balaban J connectivity index is 3.01. The number of aryl methyl sites for hydroxylation is 1. The molecule has 0 unspecified atom stereocenters. The molecule has 0 aromatic heterocycles. The second-order valence-corrected chi connectivity index (χ2v) is 2.87. The van der Waals surface area contributed by atoms with E-state index >= 15 is 0 Å². The number of carbonyl (C=O) groups is 2. The minimum atomic E-state index is -0.676. The number of rotatable bonds is 4. The van der Waals surface area contributed by atoms with Crippen molar-refractivity contribution in [2.75, 3.05) is 0 Å². The monoisotopic (exact) mass is 195 g/mol. The second-order valence-electron chi connectivity index (χ2n) is 2.87. The third-order valence-corrected chi connectivity index (χ3v) is 1.87. The Hall–Kier alpha value is -1.71. The Kier molecular flexibility index (Phi) is 3.34. The van der Waals surface area contributed by atoms with Crippen molar-refractivity contribution in [2.45, 2.75) is 12.8 Å². The predicted octanol–water partition coefficient (Wildman–Crippen LogP) is 1.06. The molecule has 0 bridgehead atoms. The van der Waals surface area contributed by atoms with E-state index in [9.17, 15) is 14.0 Å². The zero-order chi connectivity index (χ0) is 10.6. The van der Waals surface area contributed by atoms with Crippen LogP contribution in [0.3, 0.4) is 0 Å². The first-order chi connectivity index (χ1) is 6.65. The molecule has 2 N–H and O–H groups in total.